The van der Waals surface area contributed by atoms with Gasteiger partial charge in [-0.15, -0.1) is 0 Å². The van der Waals surface area contributed by atoms with Gasteiger partial charge in [0.1, 0.15) is 11.4 Å². The van der Waals surface area contributed by atoms with Crippen LogP contribution in [0.1, 0.15) is 23.2 Å². The summed E-state index contributed by atoms with van der Waals surface area (Å²) in [5.41, 5.74) is -0.471. The lowest BCUT2D eigenvalue weighted by atomic mass is 10.1. The molecule has 0 aliphatic heterocycles. The Hall–Kier alpha value is -1.91. The monoisotopic (exact) mass is 223 g/mol. The predicted molar refractivity (Wildman–Crippen MR) is 54.7 cm³/mol. The molecule has 1 saturated carbocycles. The number of halogens is 1. The number of carboxylic acids is 1. The molecular weight excluding hydrogens is 213 g/mol. The van der Waals surface area contributed by atoms with E-state index in [9.17, 15) is 14.0 Å². The maximum atomic E-state index is 13.2. The van der Waals surface area contributed by atoms with Crippen molar-refractivity contribution < 1.29 is 19.1 Å². The van der Waals surface area contributed by atoms with Gasteiger partial charge in [-0.3, -0.25) is 4.79 Å². The summed E-state index contributed by atoms with van der Waals surface area (Å²) < 4.78 is 13.2. The van der Waals surface area contributed by atoms with Gasteiger partial charge in [-0.1, -0.05) is 6.07 Å². The van der Waals surface area contributed by atoms with Crippen molar-refractivity contribution in [2.75, 3.05) is 5.32 Å². The van der Waals surface area contributed by atoms with Gasteiger partial charge in [-0.25, -0.2) is 9.18 Å². The molecule has 0 heterocycles. The van der Waals surface area contributed by atoms with Gasteiger partial charge in [-0.2, -0.15) is 0 Å². The average molecular weight is 223 g/mol. The van der Waals surface area contributed by atoms with E-state index in [1.165, 1.54) is 12.1 Å². The highest BCUT2D eigenvalue weighted by molar-refractivity contribution is 6.01. The fourth-order valence-corrected chi connectivity index (χ4v) is 1.43. The Morgan fingerprint density at radius 1 is 1.38 bits per heavy atom. The zero-order valence-electron chi connectivity index (χ0n) is 8.37. The smallest absolute Gasteiger partial charge is 0.340 e. The Morgan fingerprint density at radius 2 is 2.06 bits per heavy atom. The second kappa shape index (κ2) is 3.92. The van der Waals surface area contributed by atoms with Crippen LogP contribution >= 0.6 is 0 Å². The standard InChI is InChI=1S/C11H10FNO3/c12-7-2-1-3-8(9(7)11(15)16)13-10(14)6-4-5-6/h1-3,6H,4-5H2,(H,13,14)(H,15,16). The highest BCUT2D eigenvalue weighted by atomic mass is 19.1. The molecule has 1 amide bonds. The zero-order chi connectivity index (χ0) is 11.7. The molecule has 1 aliphatic carbocycles. The Morgan fingerprint density at radius 3 is 2.62 bits per heavy atom. The number of carbonyl (C=O) groups is 2. The summed E-state index contributed by atoms with van der Waals surface area (Å²) in [7, 11) is 0. The Bertz CT molecular complexity index is 455. The van der Waals surface area contributed by atoms with Crippen molar-refractivity contribution in [3.05, 3.63) is 29.6 Å². The summed E-state index contributed by atoms with van der Waals surface area (Å²) in [6, 6.07) is 3.80. The minimum atomic E-state index is -1.39. The summed E-state index contributed by atoms with van der Waals surface area (Å²) >= 11 is 0. The number of carbonyl (C=O) groups excluding carboxylic acids is 1. The Labute approximate surface area is 91.1 Å². The predicted octanol–water partition coefficient (Wildman–Crippen LogP) is 1.87. The SMILES string of the molecule is O=C(O)c1c(F)cccc1NC(=O)C1CC1. The van der Waals surface area contributed by atoms with Crippen molar-refractivity contribution in [2.24, 2.45) is 5.92 Å². The van der Waals surface area contributed by atoms with Crippen molar-refractivity contribution in [3.8, 4) is 0 Å². The van der Waals surface area contributed by atoms with E-state index in [0.717, 1.165) is 18.9 Å². The first-order valence-electron chi connectivity index (χ1n) is 4.92. The maximum absolute atomic E-state index is 13.2. The average Bonchev–Trinajstić information content (AvgIpc) is 2.99. The molecule has 1 fully saturated rings. The number of aromatic carboxylic acids is 1. The van der Waals surface area contributed by atoms with Gasteiger partial charge in [0.2, 0.25) is 5.91 Å². The molecule has 0 saturated heterocycles. The number of nitrogens with one attached hydrogen (secondary N) is 1. The van der Waals surface area contributed by atoms with Crippen LogP contribution in [0.25, 0.3) is 0 Å². The molecular formula is C11H10FNO3. The third kappa shape index (κ3) is 2.03. The van der Waals surface area contributed by atoms with Crippen LogP contribution in [0.4, 0.5) is 10.1 Å². The van der Waals surface area contributed by atoms with Crippen LogP contribution in [0, 0.1) is 11.7 Å². The third-order valence-electron chi connectivity index (χ3n) is 2.43. The highest BCUT2D eigenvalue weighted by Crippen LogP contribution is 2.31. The molecule has 0 spiro atoms. The first-order chi connectivity index (χ1) is 7.59. The molecule has 0 radical (unpaired) electrons. The van der Waals surface area contributed by atoms with E-state index in [-0.39, 0.29) is 17.5 Å². The van der Waals surface area contributed by atoms with Crippen LogP contribution in [-0.4, -0.2) is 17.0 Å². The van der Waals surface area contributed by atoms with Crippen molar-refractivity contribution >= 4 is 17.6 Å². The third-order valence-corrected chi connectivity index (χ3v) is 2.43. The normalized spacial score (nSPS) is 14.6. The van der Waals surface area contributed by atoms with Crippen LogP contribution in [0.3, 0.4) is 0 Å². The van der Waals surface area contributed by atoms with Crippen molar-refractivity contribution in [1.82, 2.24) is 0 Å². The van der Waals surface area contributed by atoms with Crippen LogP contribution in [0.15, 0.2) is 18.2 Å². The van der Waals surface area contributed by atoms with Gasteiger partial charge in [0, 0.05) is 5.92 Å². The first-order valence-corrected chi connectivity index (χ1v) is 4.92. The Balaban J connectivity index is 2.28. The summed E-state index contributed by atoms with van der Waals surface area (Å²) in [5, 5.41) is 11.3. The van der Waals surface area contributed by atoms with E-state index in [0.29, 0.717) is 0 Å². The topological polar surface area (TPSA) is 66.4 Å². The molecule has 1 aliphatic rings. The van der Waals surface area contributed by atoms with E-state index < -0.39 is 17.3 Å². The van der Waals surface area contributed by atoms with Crippen molar-refractivity contribution in [3.63, 3.8) is 0 Å². The van der Waals surface area contributed by atoms with E-state index >= 15 is 0 Å². The summed E-state index contributed by atoms with van der Waals surface area (Å²) in [6.07, 6.45) is 1.62. The number of amides is 1. The molecule has 1 aromatic carbocycles. The van der Waals surface area contributed by atoms with Gasteiger partial charge in [-0.05, 0) is 25.0 Å². The van der Waals surface area contributed by atoms with Crippen LogP contribution in [0.5, 0.6) is 0 Å². The summed E-state index contributed by atoms with van der Waals surface area (Å²) in [5.74, 6) is -2.52. The first kappa shape index (κ1) is 10.6. The van der Waals surface area contributed by atoms with E-state index in [4.69, 9.17) is 5.11 Å². The van der Waals surface area contributed by atoms with Crippen molar-refractivity contribution in [2.45, 2.75) is 12.8 Å². The molecule has 0 atom stereocenters. The van der Waals surface area contributed by atoms with Gasteiger partial charge in [0.25, 0.3) is 0 Å². The fourth-order valence-electron chi connectivity index (χ4n) is 1.43. The highest BCUT2D eigenvalue weighted by Gasteiger charge is 2.30. The number of hydrogen-bond acceptors (Lipinski definition) is 2. The molecule has 0 bridgehead atoms. The number of rotatable bonds is 3. The van der Waals surface area contributed by atoms with Gasteiger partial charge < -0.3 is 10.4 Å². The molecule has 0 aromatic heterocycles. The molecule has 4 nitrogen and oxygen atoms in total. The minimum absolute atomic E-state index is 0.0180. The molecule has 5 heteroatoms. The van der Waals surface area contributed by atoms with Gasteiger partial charge >= 0.3 is 5.97 Å². The molecule has 0 unspecified atom stereocenters. The zero-order valence-corrected chi connectivity index (χ0v) is 8.37. The molecule has 16 heavy (non-hydrogen) atoms. The molecule has 2 N–H and O–H groups in total. The molecule has 2 rings (SSSR count). The van der Waals surface area contributed by atoms with E-state index in [1.807, 2.05) is 0 Å². The Kier molecular flexibility index (Phi) is 2.60. The van der Waals surface area contributed by atoms with Gasteiger partial charge in [0.05, 0.1) is 5.69 Å². The van der Waals surface area contributed by atoms with Crippen molar-refractivity contribution in [1.29, 1.82) is 0 Å². The number of anilines is 1. The van der Waals surface area contributed by atoms with E-state index in [2.05, 4.69) is 5.32 Å². The van der Waals surface area contributed by atoms with Crippen LogP contribution < -0.4 is 5.32 Å². The lowest BCUT2D eigenvalue weighted by Crippen LogP contribution is -2.16. The lowest BCUT2D eigenvalue weighted by molar-refractivity contribution is -0.117. The van der Waals surface area contributed by atoms with E-state index in [1.54, 1.807) is 0 Å². The summed E-state index contributed by atoms with van der Waals surface area (Å²) in [6.45, 7) is 0. The number of benzene rings is 1. The largest absolute Gasteiger partial charge is 0.478 e. The van der Waals surface area contributed by atoms with Crippen LogP contribution in [0.2, 0.25) is 0 Å². The second-order valence-electron chi connectivity index (χ2n) is 3.73. The number of carboxylic acid groups (broad SMARTS) is 1. The van der Waals surface area contributed by atoms with Gasteiger partial charge in [0.15, 0.2) is 0 Å². The molecule has 1 aromatic rings. The second-order valence-corrected chi connectivity index (χ2v) is 3.73. The lowest BCUT2D eigenvalue weighted by Gasteiger charge is -2.08. The minimum Gasteiger partial charge on any atom is -0.478 e. The molecule has 84 valence electrons. The summed E-state index contributed by atoms with van der Waals surface area (Å²) in [4.78, 5) is 22.3. The maximum Gasteiger partial charge on any atom is 0.340 e. The van der Waals surface area contributed by atoms with Crippen LogP contribution in [-0.2, 0) is 4.79 Å². The quantitative estimate of drug-likeness (QED) is 0.822. The fraction of sp³-hybridized carbons (Fsp3) is 0.273. The number of hydrogen-bond donors (Lipinski definition) is 2.